The Labute approximate surface area is 246 Å². The Kier molecular flexibility index (Phi) is 7.30. The van der Waals surface area contributed by atoms with Crippen LogP contribution in [-0.4, -0.2) is 48.2 Å². The number of hydrogen-bond acceptors (Lipinski definition) is 9. The number of Topliss-reactive ketones (excluding diaryl/α,β-unsaturated/α-hetero) is 1. The van der Waals surface area contributed by atoms with Crippen LogP contribution in [0.4, 0.5) is 5.13 Å². The van der Waals surface area contributed by atoms with Gasteiger partial charge in [0.1, 0.15) is 25.6 Å². The molecule has 1 unspecified atom stereocenters. The molecule has 1 saturated heterocycles. The lowest BCUT2D eigenvalue weighted by atomic mass is 9.95. The molecule has 4 aromatic rings. The van der Waals surface area contributed by atoms with Crippen LogP contribution in [0, 0.1) is 6.92 Å². The molecule has 9 nitrogen and oxygen atoms in total. The van der Waals surface area contributed by atoms with Crippen molar-refractivity contribution in [3.05, 3.63) is 89.5 Å². The molecule has 214 valence electrons. The average molecular weight is 585 g/mol. The second-order valence-corrected chi connectivity index (χ2v) is 10.7. The van der Waals surface area contributed by atoms with Crippen LogP contribution in [-0.2, 0) is 9.59 Å². The number of aromatic nitrogens is 1. The van der Waals surface area contributed by atoms with Gasteiger partial charge in [0.25, 0.3) is 5.78 Å². The lowest BCUT2D eigenvalue weighted by Crippen LogP contribution is -2.29. The average Bonchev–Trinajstić information content (AvgIpc) is 3.53. The minimum Gasteiger partial charge on any atom is -0.507 e. The Balaban J connectivity index is 1.54. The number of ether oxygens (including phenoxy) is 4. The Morgan fingerprint density at radius 1 is 1.07 bits per heavy atom. The number of anilines is 1. The van der Waals surface area contributed by atoms with Gasteiger partial charge >= 0.3 is 5.91 Å². The van der Waals surface area contributed by atoms with Crippen LogP contribution in [0.3, 0.4) is 0 Å². The SMILES string of the molecule is C=CCOc1ccc(C2C(=C(O)c3ccc4c(c3)OCCO4)C(=O)C(=O)N2c2nc3ccc(C)cc3s2)cc1OCC. The molecule has 0 bridgehead atoms. The number of thiazole rings is 1. The van der Waals surface area contributed by atoms with E-state index in [1.165, 1.54) is 16.2 Å². The third kappa shape index (κ3) is 4.83. The zero-order valence-electron chi connectivity index (χ0n) is 23.1. The van der Waals surface area contributed by atoms with E-state index in [-0.39, 0.29) is 17.9 Å². The van der Waals surface area contributed by atoms with E-state index >= 15 is 0 Å². The van der Waals surface area contributed by atoms with Crippen molar-refractivity contribution >= 4 is 44.1 Å². The van der Waals surface area contributed by atoms with Gasteiger partial charge < -0.3 is 24.1 Å². The Hall–Kier alpha value is -4.83. The minimum atomic E-state index is -0.993. The Morgan fingerprint density at radius 2 is 1.88 bits per heavy atom. The summed E-state index contributed by atoms with van der Waals surface area (Å²) in [4.78, 5) is 33.5. The number of fused-ring (bicyclic) bond motifs is 2. The van der Waals surface area contributed by atoms with E-state index in [9.17, 15) is 14.7 Å². The lowest BCUT2D eigenvalue weighted by Gasteiger charge is -2.24. The standard InChI is InChI=1S/C32H28N2O7S/c1-4-12-39-22-10-7-19(16-24(22)38-5-2)28-27(29(35)20-8-11-23-25(17-20)41-14-13-40-23)30(36)31(37)34(28)32-33-21-9-6-18(3)15-26(21)42-32/h4,6-11,15-17,28,35H,1,5,12-14H2,2-3H3. The van der Waals surface area contributed by atoms with E-state index in [0.717, 1.165) is 10.3 Å². The van der Waals surface area contributed by atoms with Crippen molar-refractivity contribution in [2.45, 2.75) is 19.9 Å². The molecule has 0 spiro atoms. The van der Waals surface area contributed by atoms with Gasteiger partial charge in [-0.2, -0.15) is 0 Å². The van der Waals surface area contributed by atoms with Crippen LogP contribution in [0.25, 0.3) is 16.0 Å². The lowest BCUT2D eigenvalue weighted by molar-refractivity contribution is -0.132. The highest BCUT2D eigenvalue weighted by atomic mass is 32.1. The molecule has 6 rings (SSSR count). The minimum absolute atomic E-state index is 0.0747. The van der Waals surface area contributed by atoms with Crippen molar-refractivity contribution in [3.8, 4) is 23.0 Å². The molecular weight excluding hydrogens is 556 g/mol. The van der Waals surface area contributed by atoms with Gasteiger partial charge in [-0.05, 0) is 67.4 Å². The molecule has 10 heteroatoms. The third-order valence-corrected chi connectivity index (χ3v) is 7.96. The maximum Gasteiger partial charge on any atom is 0.301 e. The first-order valence-electron chi connectivity index (χ1n) is 13.5. The van der Waals surface area contributed by atoms with Crippen molar-refractivity contribution in [1.29, 1.82) is 0 Å². The number of benzene rings is 3. The van der Waals surface area contributed by atoms with E-state index in [4.69, 9.17) is 23.9 Å². The number of ketones is 1. The van der Waals surface area contributed by atoms with Gasteiger partial charge in [0, 0.05) is 5.56 Å². The summed E-state index contributed by atoms with van der Waals surface area (Å²) in [6.07, 6.45) is 1.63. The monoisotopic (exact) mass is 584 g/mol. The molecule has 2 aliphatic heterocycles. The number of aliphatic hydroxyl groups excluding tert-OH is 1. The van der Waals surface area contributed by atoms with E-state index in [1.807, 2.05) is 32.0 Å². The fourth-order valence-corrected chi connectivity index (χ4v) is 6.14. The predicted molar refractivity (Wildman–Crippen MR) is 160 cm³/mol. The number of nitrogens with zero attached hydrogens (tertiary/aromatic N) is 2. The number of aliphatic hydroxyl groups is 1. The van der Waals surface area contributed by atoms with Crippen molar-refractivity contribution < 1.29 is 33.6 Å². The molecule has 1 atom stereocenters. The zero-order chi connectivity index (χ0) is 29.4. The molecule has 1 amide bonds. The van der Waals surface area contributed by atoms with Crippen LogP contribution < -0.4 is 23.8 Å². The van der Waals surface area contributed by atoms with Gasteiger partial charge in [-0.25, -0.2) is 4.98 Å². The highest BCUT2D eigenvalue weighted by molar-refractivity contribution is 7.22. The maximum atomic E-state index is 13.7. The number of hydrogen-bond donors (Lipinski definition) is 1. The van der Waals surface area contributed by atoms with E-state index in [1.54, 1.807) is 42.5 Å². The summed E-state index contributed by atoms with van der Waals surface area (Å²) in [6.45, 7) is 8.93. The molecule has 0 radical (unpaired) electrons. The van der Waals surface area contributed by atoms with Crippen molar-refractivity contribution in [3.63, 3.8) is 0 Å². The first-order chi connectivity index (χ1) is 20.4. The predicted octanol–water partition coefficient (Wildman–Crippen LogP) is 5.97. The molecule has 42 heavy (non-hydrogen) atoms. The molecular formula is C32H28N2O7S. The largest absolute Gasteiger partial charge is 0.507 e. The summed E-state index contributed by atoms with van der Waals surface area (Å²) in [7, 11) is 0. The summed E-state index contributed by atoms with van der Waals surface area (Å²) in [5.41, 5.74) is 2.54. The van der Waals surface area contributed by atoms with E-state index < -0.39 is 17.7 Å². The summed E-state index contributed by atoms with van der Waals surface area (Å²) < 4.78 is 23.8. The number of rotatable bonds is 8. The number of amides is 1. The van der Waals surface area contributed by atoms with E-state index in [2.05, 4.69) is 6.58 Å². The van der Waals surface area contributed by atoms with Gasteiger partial charge in [0.15, 0.2) is 28.1 Å². The fraction of sp³-hybridized carbons (Fsp3) is 0.219. The van der Waals surface area contributed by atoms with Crippen LogP contribution in [0.15, 0.2) is 72.8 Å². The number of aryl methyl sites for hydroxylation is 1. The van der Waals surface area contributed by atoms with Crippen LogP contribution >= 0.6 is 11.3 Å². The molecule has 0 saturated carbocycles. The third-order valence-electron chi connectivity index (χ3n) is 6.94. The van der Waals surface area contributed by atoms with Crippen molar-refractivity contribution in [2.24, 2.45) is 0 Å². The highest BCUT2D eigenvalue weighted by Gasteiger charge is 2.48. The Morgan fingerprint density at radius 3 is 2.67 bits per heavy atom. The molecule has 3 heterocycles. The van der Waals surface area contributed by atoms with Crippen LogP contribution in [0.2, 0.25) is 0 Å². The second-order valence-electron chi connectivity index (χ2n) is 9.73. The topological polar surface area (TPSA) is 107 Å². The summed E-state index contributed by atoms with van der Waals surface area (Å²) in [5.74, 6) is -0.0511. The summed E-state index contributed by atoms with van der Waals surface area (Å²) >= 11 is 1.30. The van der Waals surface area contributed by atoms with Crippen molar-refractivity contribution in [1.82, 2.24) is 4.98 Å². The maximum absolute atomic E-state index is 13.7. The molecule has 2 aliphatic rings. The normalized spacial score (nSPS) is 17.5. The zero-order valence-corrected chi connectivity index (χ0v) is 23.9. The van der Waals surface area contributed by atoms with Crippen LogP contribution in [0.1, 0.15) is 29.7 Å². The molecule has 0 aliphatic carbocycles. The quantitative estimate of drug-likeness (QED) is 0.117. The van der Waals surface area contributed by atoms with Gasteiger partial charge in [0.2, 0.25) is 0 Å². The van der Waals surface area contributed by atoms with Gasteiger partial charge in [-0.3, -0.25) is 14.5 Å². The summed E-state index contributed by atoms with van der Waals surface area (Å²) in [5, 5.41) is 12.0. The fourth-order valence-electron chi connectivity index (χ4n) is 5.05. The van der Waals surface area contributed by atoms with Gasteiger partial charge in [-0.1, -0.05) is 36.1 Å². The van der Waals surface area contributed by atoms with Crippen molar-refractivity contribution in [2.75, 3.05) is 31.3 Å². The molecule has 3 aromatic carbocycles. The number of carbonyl (C=O) groups excluding carboxylic acids is 2. The Bertz CT molecular complexity index is 1760. The van der Waals surface area contributed by atoms with Crippen LogP contribution in [0.5, 0.6) is 23.0 Å². The first kappa shape index (κ1) is 27.3. The summed E-state index contributed by atoms with van der Waals surface area (Å²) in [6, 6.07) is 14.9. The molecule has 1 fully saturated rings. The number of carbonyl (C=O) groups is 2. The highest BCUT2D eigenvalue weighted by Crippen LogP contribution is 2.46. The van der Waals surface area contributed by atoms with E-state index in [0.29, 0.717) is 64.6 Å². The smallest absolute Gasteiger partial charge is 0.301 e. The van der Waals surface area contributed by atoms with Gasteiger partial charge in [-0.15, -0.1) is 0 Å². The van der Waals surface area contributed by atoms with Gasteiger partial charge in [0.05, 0.1) is 28.4 Å². The second kappa shape index (κ2) is 11.2. The first-order valence-corrected chi connectivity index (χ1v) is 14.3. The molecule has 1 aromatic heterocycles. The molecule has 1 N–H and O–H groups in total.